The van der Waals surface area contributed by atoms with Crippen LogP contribution in [0.4, 0.5) is 5.69 Å². The Labute approximate surface area is 120 Å². The van der Waals surface area contributed by atoms with Crippen molar-refractivity contribution in [3.05, 3.63) is 12.4 Å². The van der Waals surface area contributed by atoms with Gasteiger partial charge >= 0.3 is 0 Å². The molecule has 7 heteroatoms. The maximum atomic E-state index is 11.7. The number of aromatic nitrogens is 2. The van der Waals surface area contributed by atoms with Crippen molar-refractivity contribution in [2.45, 2.75) is 44.3 Å². The molecule has 0 spiro atoms. The van der Waals surface area contributed by atoms with E-state index in [1.54, 1.807) is 10.9 Å². The van der Waals surface area contributed by atoms with Crippen molar-refractivity contribution in [3.63, 3.8) is 0 Å². The van der Waals surface area contributed by atoms with E-state index in [1.165, 1.54) is 0 Å². The lowest BCUT2D eigenvalue weighted by Gasteiger charge is -2.22. The van der Waals surface area contributed by atoms with Crippen molar-refractivity contribution >= 4 is 22.4 Å². The first-order valence-electron chi connectivity index (χ1n) is 7.12. The Morgan fingerprint density at radius 2 is 2.05 bits per heavy atom. The van der Waals surface area contributed by atoms with Gasteiger partial charge in [-0.3, -0.25) is 13.7 Å². The largest absolute Gasteiger partial charge is 0.380 e. The lowest BCUT2D eigenvalue weighted by atomic mass is 10.1. The van der Waals surface area contributed by atoms with Gasteiger partial charge in [0.05, 0.1) is 11.9 Å². The molecule has 0 unspecified atom stereocenters. The number of hydrogen-bond donors (Lipinski definition) is 2. The molecule has 2 fully saturated rings. The molecule has 1 aliphatic heterocycles. The molecule has 6 nitrogen and oxygen atoms in total. The monoisotopic (exact) mass is 296 g/mol. The number of hydrogen-bond acceptors (Lipinski definition) is 4. The van der Waals surface area contributed by atoms with Gasteiger partial charge in [-0.15, -0.1) is 0 Å². The van der Waals surface area contributed by atoms with E-state index in [2.05, 4.69) is 15.7 Å². The van der Waals surface area contributed by atoms with Gasteiger partial charge in [-0.25, -0.2) is 0 Å². The van der Waals surface area contributed by atoms with E-state index in [1.807, 2.05) is 6.20 Å². The zero-order valence-corrected chi connectivity index (χ0v) is 12.2. The molecule has 3 rings (SSSR count). The van der Waals surface area contributed by atoms with Gasteiger partial charge in [-0.05, 0) is 25.7 Å². The van der Waals surface area contributed by atoms with Crippen molar-refractivity contribution in [2.24, 2.45) is 0 Å². The molecule has 0 aromatic carbocycles. The molecule has 0 atom stereocenters. The highest BCUT2D eigenvalue weighted by molar-refractivity contribution is 7.85. The SMILES string of the molecule is O=C(Cn1cc(NC2CCS(=O)CC2)cn1)NC1CC1. The van der Waals surface area contributed by atoms with Crippen LogP contribution >= 0.6 is 0 Å². The van der Waals surface area contributed by atoms with Gasteiger partial charge in [0.2, 0.25) is 5.91 Å². The summed E-state index contributed by atoms with van der Waals surface area (Å²) in [4.78, 5) is 11.7. The summed E-state index contributed by atoms with van der Waals surface area (Å²) >= 11 is 0. The van der Waals surface area contributed by atoms with Crippen molar-refractivity contribution in [3.8, 4) is 0 Å². The molecule has 20 heavy (non-hydrogen) atoms. The summed E-state index contributed by atoms with van der Waals surface area (Å²) in [5.74, 6) is 1.57. The van der Waals surface area contributed by atoms with Crippen LogP contribution in [-0.4, -0.2) is 43.5 Å². The summed E-state index contributed by atoms with van der Waals surface area (Å²) in [6, 6.07) is 0.754. The van der Waals surface area contributed by atoms with E-state index in [9.17, 15) is 9.00 Å². The van der Waals surface area contributed by atoms with E-state index >= 15 is 0 Å². The lowest BCUT2D eigenvalue weighted by molar-refractivity contribution is -0.122. The van der Waals surface area contributed by atoms with Gasteiger partial charge in [-0.1, -0.05) is 0 Å². The third-order valence-electron chi connectivity index (χ3n) is 3.64. The third kappa shape index (κ3) is 3.82. The Kier molecular flexibility index (Phi) is 4.05. The number of nitrogens with one attached hydrogen (secondary N) is 2. The smallest absolute Gasteiger partial charge is 0.241 e. The number of carbonyl (C=O) groups is 1. The molecule has 2 N–H and O–H groups in total. The highest BCUT2D eigenvalue weighted by Gasteiger charge is 2.23. The molecule has 0 radical (unpaired) electrons. The van der Waals surface area contributed by atoms with E-state index in [0.717, 1.165) is 42.9 Å². The Bertz CT molecular complexity index is 502. The van der Waals surface area contributed by atoms with Gasteiger partial charge in [-0.2, -0.15) is 5.10 Å². The minimum absolute atomic E-state index is 0.0233. The molecule has 2 heterocycles. The fourth-order valence-electron chi connectivity index (χ4n) is 2.35. The van der Waals surface area contributed by atoms with Crippen LogP contribution in [0.2, 0.25) is 0 Å². The van der Waals surface area contributed by atoms with Gasteiger partial charge in [0.15, 0.2) is 0 Å². The second-order valence-electron chi connectivity index (χ2n) is 5.54. The van der Waals surface area contributed by atoms with Crippen molar-refractivity contribution in [2.75, 3.05) is 16.8 Å². The van der Waals surface area contributed by atoms with Crippen LogP contribution in [0, 0.1) is 0 Å². The minimum Gasteiger partial charge on any atom is -0.380 e. The number of amides is 1. The number of carbonyl (C=O) groups excluding carboxylic acids is 1. The first-order chi connectivity index (χ1) is 9.69. The van der Waals surface area contributed by atoms with Crippen LogP contribution in [0.25, 0.3) is 0 Å². The van der Waals surface area contributed by atoms with E-state index in [0.29, 0.717) is 12.1 Å². The lowest BCUT2D eigenvalue weighted by Crippen LogP contribution is -2.29. The molecule has 1 aliphatic carbocycles. The summed E-state index contributed by atoms with van der Waals surface area (Å²) in [6.07, 6.45) is 7.66. The van der Waals surface area contributed by atoms with Crippen LogP contribution in [0.3, 0.4) is 0 Å². The Morgan fingerprint density at radius 1 is 1.30 bits per heavy atom. The predicted octanol–water partition coefficient (Wildman–Crippen LogP) is 0.485. The Balaban J connectivity index is 1.48. The van der Waals surface area contributed by atoms with Crippen LogP contribution in [0.1, 0.15) is 25.7 Å². The topological polar surface area (TPSA) is 76.0 Å². The molecule has 1 amide bonds. The second-order valence-corrected chi connectivity index (χ2v) is 7.23. The number of anilines is 1. The highest BCUT2D eigenvalue weighted by Crippen LogP contribution is 2.18. The Morgan fingerprint density at radius 3 is 2.75 bits per heavy atom. The van der Waals surface area contributed by atoms with Crippen LogP contribution < -0.4 is 10.6 Å². The standard InChI is InChI=1S/C13H20N4O2S/c18-13(16-10-1-2-10)9-17-8-12(7-14-17)15-11-3-5-20(19)6-4-11/h7-8,10-11,15H,1-6,9H2,(H,16,18). The fourth-order valence-corrected chi connectivity index (χ4v) is 3.65. The summed E-state index contributed by atoms with van der Waals surface area (Å²) in [7, 11) is -0.635. The molecule has 1 aromatic heterocycles. The minimum atomic E-state index is -0.635. The first-order valence-corrected chi connectivity index (χ1v) is 8.61. The molecular formula is C13H20N4O2S. The van der Waals surface area contributed by atoms with Gasteiger partial charge in [0.1, 0.15) is 6.54 Å². The van der Waals surface area contributed by atoms with E-state index in [4.69, 9.17) is 0 Å². The van der Waals surface area contributed by atoms with Gasteiger partial charge in [0, 0.05) is 40.6 Å². The molecule has 2 aliphatic rings. The second kappa shape index (κ2) is 5.95. The normalized spacial score (nSPS) is 26.2. The maximum Gasteiger partial charge on any atom is 0.241 e. The third-order valence-corrected chi connectivity index (χ3v) is 5.02. The van der Waals surface area contributed by atoms with Crippen molar-refractivity contribution in [1.29, 1.82) is 0 Å². The maximum absolute atomic E-state index is 11.7. The molecule has 1 saturated carbocycles. The summed E-state index contributed by atoms with van der Waals surface area (Å²) in [6.45, 7) is 0.271. The fraction of sp³-hybridized carbons (Fsp3) is 0.692. The van der Waals surface area contributed by atoms with Crippen LogP contribution in [-0.2, 0) is 22.1 Å². The van der Waals surface area contributed by atoms with E-state index < -0.39 is 10.8 Å². The highest BCUT2D eigenvalue weighted by atomic mass is 32.2. The summed E-state index contributed by atoms with van der Waals surface area (Å²) in [5.41, 5.74) is 0.932. The van der Waals surface area contributed by atoms with E-state index in [-0.39, 0.29) is 12.5 Å². The number of rotatable bonds is 5. The van der Waals surface area contributed by atoms with Crippen LogP contribution in [0.5, 0.6) is 0 Å². The van der Waals surface area contributed by atoms with Crippen LogP contribution in [0.15, 0.2) is 12.4 Å². The quantitative estimate of drug-likeness (QED) is 0.829. The Hall–Kier alpha value is -1.37. The van der Waals surface area contributed by atoms with Crippen molar-refractivity contribution < 1.29 is 9.00 Å². The number of nitrogens with zero attached hydrogens (tertiary/aromatic N) is 2. The molecule has 110 valence electrons. The average Bonchev–Trinajstić information content (AvgIpc) is 3.12. The molecule has 0 bridgehead atoms. The molecular weight excluding hydrogens is 276 g/mol. The van der Waals surface area contributed by atoms with Gasteiger partial charge in [0.25, 0.3) is 0 Å². The average molecular weight is 296 g/mol. The van der Waals surface area contributed by atoms with Gasteiger partial charge < -0.3 is 10.6 Å². The van der Waals surface area contributed by atoms with Crippen molar-refractivity contribution in [1.82, 2.24) is 15.1 Å². The summed E-state index contributed by atoms with van der Waals surface area (Å²) in [5, 5.41) is 10.5. The molecule has 1 saturated heterocycles. The zero-order chi connectivity index (χ0) is 13.9. The predicted molar refractivity (Wildman–Crippen MR) is 77.9 cm³/mol. The summed E-state index contributed by atoms with van der Waals surface area (Å²) < 4.78 is 13.0. The molecule has 1 aromatic rings. The first kappa shape index (κ1) is 13.6. The zero-order valence-electron chi connectivity index (χ0n) is 11.4.